The van der Waals surface area contributed by atoms with Crippen LogP contribution in [0.5, 0.6) is 5.75 Å². The molecular formula is C12H17NO2. The number of rotatable bonds is 4. The van der Waals surface area contributed by atoms with Gasteiger partial charge in [0.2, 0.25) is 5.91 Å². The SMILES string of the molecule is CCc1ccc(C(N)=O)c(CC)c1OC. The molecule has 0 saturated carbocycles. The summed E-state index contributed by atoms with van der Waals surface area (Å²) in [4.78, 5) is 11.2. The predicted molar refractivity (Wildman–Crippen MR) is 60.3 cm³/mol. The van der Waals surface area contributed by atoms with E-state index >= 15 is 0 Å². The van der Waals surface area contributed by atoms with Gasteiger partial charge in [-0.3, -0.25) is 4.79 Å². The van der Waals surface area contributed by atoms with Crippen molar-refractivity contribution in [3.8, 4) is 5.75 Å². The molecule has 0 saturated heterocycles. The molecule has 1 aromatic rings. The molecule has 0 spiro atoms. The number of methoxy groups -OCH3 is 1. The number of primary amides is 1. The zero-order chi connectivity index (χ0) is 11.4. The molecule has 2 N–H and O–H groups in total. The van der Waals surface area contributed by atoms with Gasteiger partial charge in [0.1, 0.15) is 5.75 Å². The summed E-state index contributed by atoms with van der Waals surface area (Å²) in [6.45, 7) is 4.05. The maximum atomic E-state index is 11.2. The van der Waals surface area contributed by atoms with Crippen molar-refractivity contribution < 1.29 is 9.53 Å². The molecule has 0 heterocycles. The largest absolute Gasteiger partial charge is 0.496 e. The molecule has 0 bridgehead atoms. The van der Waals surface area contributed by atoms with Crippen molar-refractivity contribution >= 4 is 5.91 Å². The molecular weight excluding hydrogens is 190 g/mol. The first kappa shape index (κ1) is 11.6. The van der Waals surface area contributed by atoms with Gasteiger partial charge >= 0.3 is 0 Å². The molecule has 0 aromatic heterocycles. The Kier molecular flexibility index (Phi) is 3.72. The van der Waals surface area contributed by atoms with Crippen LogP contribution >= 0.6 is 0 Å². The Morgan fingerprint density at radius 2 is 2.00 bits per heavy atom. The molecule has 0 fully saturated rings. The summed E-state index contributed by atoms with van der Waals surface area (Å²) in [5, 5.41) is 0. The third kappa shape index (κ3) is 2.12. The van der Waals surface area contributed by atoms with Crippen molar-refractivity contribution in [2.24, 2.45) is 5.73 Å². The van der Waals surface area contributed by atoms with Gasteiger partial charge < -0.3 is 10.5 Å². The third-order valence-corrected chi connectivity index (χ3v) is 2.55. The summed E-state index contributed by atoms with van der Waals surface area (Å²) in [6.07, 6.45) is 1.63. The van der Waals surface area contributed by atoms with Crippen LogP contribution in [0.4, 0.5) is 0 Å². The zero-order valence-electron chi connectivity index (χ0n) is 9.46. The smallest absolute Gasteiger partial charge is 0.249 e. The number of carbonyl (C=O) groups excluding carboxylic acids is 1. The van der Waals surface area contributed by atoms with Crippen molar-refractivity contribution in [1.82, 2.24) is 0 Å². The molecule has 82 valence electrons. The van der Waals surface area contributed by atoms with Crippen molar-refractivity contribution in [2.75, 3.05) is 7.11 Å². The van der Waals surface area contributed by atoms with Crippen LogP contribution < -0.4 is 10.5 Å². The molecule has 1 aromatic carbocycles. The Morgan fingerprint density at radius 1 is 1.33 bits per heavy atom. The average Bonchev–Trinajstić information content (AvgIpc) is 2.26. The van der Waals surface area contributed by atoms with Gasteiger partial charge in [-0.2, -0.15) is 0 Å². The van der Waals surface area contributed by atoms with E-state index in [0.29, 0.717) is 5.56 Å². The van der Waals surface area contributed by atoms with Gasteiger partial charge in [0.05, 0.1) is 7.11 Å². The van der Waals surface area contributed by atoms with Crippen LogP contribution in [0.1, 0.15) is 35.3 Å². The van der Waals surface area contributed by atoms with Crippen LogP contribution in [-0.2, 0) is 12.8 Å². The van der Waals surface area contributed by atoms with Gasteiger partial charge in [0.25, 0.3) is 0 Å². The van der Waals surface area contributed by atoms with Crippen molar-refractivity contribution in [3.05, 3.63) is 28.8 Å². The normalized spacial score (nSPS) is 10.1. The summed E-state index contributed by atoms with van der Waals surface area (Å²) < 4.78 is 5.34. The second-order valence-electron chi connectivity index (χ2n) is 3.36. The summed E-state index contributed by atoms with van der Waals surface area (Å²) in [5.74, 6) is 0.407. The van der Waals surface area contributed by atoms with E-state index in [1.54, 1.807) is 13.2 Å². The molecule has 0 aliphatic heterocycles. The van der Waals surface area contributed by atoms with Crippen LogP contribution in [0.3, 0.4) is 0 Å². The summed E-state index contributed by atoms with van der Waals surface area (Å²) in [6, 6.07) is 3.68. The Bertz CT molecular complexity index is 372. The van der Waals surface area contributed by atoms with E-state index in [-0.39, 0.29) is 0 Å². The lowest BCUT2D eigenvalue weighted by Crippen LogP contribution is -2.14. The van der Waals surface area contributed by atoms with E-state index in [0.717, 1.165) is 29.7 Å². The number of benzene rings is 1. The quantitative estimate of drug-likeness (QED) is 0.820. The minimum absolute atomic E-state index is 0.396. The van der Waals surface area contributed by atoms with Gasteiger partial charge in [0, 0.05) is 11.1 Å². The van der Waals surface area contributed by atoms with E-state index in [2.05, 4.69) is 6.92 Å². The minimum Gasteiger partial charge on any atom is -0.496 e. The van der Waals surface area contributed by atoms with E-state index in [1.807, 2.05) is 13.0 Å². The highest BCUT2D eigenvalue weighted by Crippen LogP contribution is 2.28. The molecule has 0 atom stereocenters. The summed E-state index contributed by atoms with van der Waals surface area (Å²) in [7, 11) is 1.62. The van der Waals surface area contributed by atoms with Gasteiger partial charge in [-0.15, -0.1) is 0 Å². The van der Waals surface area contributed by atoms with Gasteiger partial charge in [-0.05, 0) is 24.5 Å². The number of hydrogen-bond acceptors (Lipinski definition) is 2. The van der Waals surface area contributed by atoms with Crippen molar-refractivity contribution in [1.29, 1.82) is 0 Å². The Balaban J connectivity index is 3.40. The average molecular weight is 207 g/mol. The molecule has 0 aliphatic rings. The molecule has 15 heavy (non-hydrogen) atoms. The Labute approximate surface area is 90.2 Å². The molecule has 1 amide bonds. The van der Waals surface area contributed by atoms with Crippen molar-refractivity contribution in [3.63, 3.8) is 0 Å². The van der Waals surface area contributed by atoms with Crippen LogP contribution in [0.15, 0.2) is 12.1 Å². The highest BCUT2D eigenvalue weighted by atomic mass is 16.5. The number of hydrogen-bond donors (Lipinski definition) is 1. The highest BCUT2D eigenvalue weighted by molar-refractivity contribution is 5.95. The van der Waals surface area contributed by atoms with E-state index in [9.17, 15) is 4.79 Å². The molecule has 1 rings (SSSR count). The highest BCUT2D eigenvalue weighted by Gasteiger charge is 2.14. The number of nitrogens with two attached hydrogens (primary N) is 1. The lowest BCUT2D eigenvalue weighted by atomic mass is 9.98. The monoisotopic (exact) mass is 207 g/mol. The van der Waals surface area contributed by atoms with Crippen molar-refractivity contribution in [2.45, 2.75) is 26.7 Å². The predicted octanol–water partition coefficient (Wildman–Crippen LogP) is 1.92. The van der Waals surface area contributed by atoms with Gasteiger partial charge in [-0.1, -0.05) is 19.9 Å². The molecule has 0 aliphatic carbocycles. The molecule has 0 unspecified atom stereocenters. The van der Waals surface area contributed by atoms with Crippen LogP contribution in [0.2, 0.25) is 0 Å². The molecule has 0 radical (unpaired) electrons. The number of aryl methyl sites for hydroxylation is 1. The fourth-order valence-corrected chi connectivity index (χ4v) is 1.79. The summed E-state index contributed by atoms with van der Waals surface area (Å²) >= 11 is 0. The maximum Gasteiger partial charge on any atom is 0.249 e. The van der Waals surface area contributed by atoms with Gasteiger partial charge in [0.15, 0.2) is 0 Å². The number of amides is 1. The number of carbonyl (C=O) groups is 1. The fraction of sp³-hybridized carbons (Fsp3) is 0.417. The topological polar surface area (TPSA) is 52.3 Å². The van der Waals surface area contributed by atoms with E-state index in [4.69, 9.17) is 10.5 Å². The second-order valence-corrected chi connectivity index (χ2v) is 3.36. The molecule has 3 heteroatoms. The van der Waals surface area contributed by atoms with E-state index < -0.39 is 5.91 Å². The standard InChI is InChI=1S/C12H17NO2/c1-4-8-6-7-10(12(13)14)9(5-2)11(8)15-3/h6-7H,4-5H2,1-3H3,(H2,13,14). The Hall–Kier alpha value is -1.51. The summed E-state index contributed by atoms with van der Waals surface area (Å²) in [5.41, 5.74) is 7.89. The van der Waals surface area contributed by atoms with Gasteiger partial charge in [-0.25, -0.2) is 0 Å². The second kappa shape index (κ2) is 4.82. The van der Waals surface area contributed by atoms with Crippen LogP contribution in [0.25, 0.3) is 0 Å². The first-order valence-corrected chi connectivity index (χ1v) is 5.14. The first-order valence-electron chi connectivity index (χ1n) is 5.14. The molecule has 3 nitrogen and oxygen atoms in total. The first-order chi connectivity index (χ1) is 7.15. The Morgan fingerprint density at radius 3 is 2.40 bits per heavy atom. The van der Waals surface area contributed by atoms with Crippen LogP contribution in [0, 0.1) is 0 Å². The third-order valence-electron chi connectivity index (χ3n) is 2.55. The maximum absolute atomic E-state index is 11.2. The number of ether oxygens (including phenoxy) is 1. The van der Waals surface area contributed by atoms with Crippen LogP contribution in [-0.4, -0.2) is 13.0 Å². The lowest BCUT2D eigenvalue weighted by Gasteiger charge is -2.14. The van der Waals surface area contributed by atoms with E-state index in [1.165, 1.54) is 0 Å². The zero-order valence-corrected chi connectivity index (χ0v) is 9.46. The lowest BCUT2D eigenvalue weighted by molar-refractivity contribution is 0.0999. The fourth-order valence-electron chi connectivity index (χ4n) is 1.79. The minimum atomic E-state index is -0.396.